The zero-order chi connectivity index (χ0) is 8.85. The second-order valence-electron chi connectivity index (χ2n) is 3.22. The molecule has 0 atom stereocenters. The van der Waals surface area contributed by atoms with Crippen molar-refractivity contribution >= 4 is 5.84 Å². The molecule has 0 fully saturated rings. The molecule has 82 valence electrons. The molecule has 0 rings (SSSR count). The van der Waals surface area contributed by atoms with Crippen molar-refractivity contribution in [3.05, 3.63) is 20.2 Å². The van der Waals surface area contributed by atoms with Crippen LogP contribution in [0.3, 0.4) is 0 Å². The summed E-state index contributed by atoms with van der Waals surface area (Å²) in [6.45, 7) is 10.4. The van der Waals surface area contributed by atoms with Gasteiger partial charge in [-0.1, -0.05) is 40.5 Å². The molecule has 0 aliphatic heterocycles. The van der Waals surface area contributed by atoms with Crippen LogP contribution in [0.1, 0.15) is 41.0 Å². The molecule has 0 spiro atoms. The van der Waals surface area contributed by atoms with Crippen LogP contribution >= 0.6 is 0 Å². The van der Waals surface area contributed by atoms with E-state index in [4.69, 9.17) is 0 Å². The van der Waals surface area contributed by atoms with Gasteiger partial charge in [0.2, 0.25) is 0 Å². The summed E-state index contributed by atoms with van der Waals surface area (Å²) < 4.78 is 0. The molecule has 0 aliphatic carbocycles. The second-order valence-corrected chi connectivity index (χ2v) is 3.22. The van der Waals surface area contributed by atoms with Crippen LogP contribution in [0.15, 0.2) is 4.99 Å². The summed E-state index contributed by atoms with van der Waals surface area (Å²) in [7, 11) is 0. The molecule has 3 heteroatoms. The SMILES string of the molecule is CCC(=NC(C)C)[N-]C(C)C.[CH3-].[CH3-].[Y+3]. The fraction of sp³-hybridized carbons (Fsp3) is 0.727. The zero-order valence-electron chi connectivity index (χ0n) is 10.8. The molecule has 14 heavy (non-hydrogen) atoms. The molecule has 0 heterocycles. The number of hydrogen-bond donors (Lipinski definition) is 0. The molecular weight excluding hydrogens is 249 g/mol. The summed E-state index contributed by atoms with van der Waals surface area (Å²) in [5.74, 6) is 0.995. The van der Waals surface area contributed by atoms with E-state index in [-0.39, 0.29) is 47.6 Å². The van der Waals surface area contributed by atoms with Gasteiger partial charge in [-0.3, -0.25) is 0 Å². The monoisotopic (exact) mass is 274 g/mol. The maximum Gasteiger partial charge on any atom is 3.00 e. The number of amidine groups is 1. The third kappa shape index (κ3) is 15.1. The molecule has 0 aromatic carbocycles. The summed E-state index contributed by atoms with van der Waals surface area (Å²) in [4.78, 5) is 4.39. The first kappa shape index (κ1) is 24.0. The van der Waals surface area contributed by atoms with E-state index in [0.29, 0.717) is 12.1 Å². The van der Waals surface area contributed by atoms with Crippen molar-refractivity contribution < 1.29 is 32.7 Å². The minimum Gasteiger partial charge on any atom is -0.466 e. The Bertz CT molecular complexity index is 131. The fourth-order valence-corrected chi connectivity index (χ4v) is 0.812. The molecule has 0 saturated heterocycles. The Labute approximate surface area is 116 Å². The van der Waals surface area contributed by atoms with E-state index in [9.17, 15) is 0 Å². The largest absolute Gasteiger partial charge is 3.00 e. The van der Waals surface area contributed by atoms with E-state index in [1.165, 1.54) is 0 Å². The van der Waals surface area contributed by atoms with Gasteiger partial charge in [-0.15, -0.1) is 0 Å². The molecule has 0 aromatic heterocycles. The first-order valence-corrected chi connectivity index (χ1v) is 4.33. The van der Waals surface area contributed by atoms with E-state index in [2.05, 4.69) is 44.9 Å². The van der Waals surface area contributed by atoms with E-state index in [0.717, 1.165) is 12.3 Å². The first-order valence-electron chi connectivity index (χ1n) is 4.33. The number of aliphatic imine (C=N–C) groups is 1. The van der Waals surface area contributed by atoms with E-state index in [1.807, 2.05) is 0 Å². The van der Waals surface area contributed by atoms with Crippen LogP contribution in [0.4, 0.5) is 0 Å². The summed E-state index contributed by atoms with van der Waals surface area (Å²) in [5.41, 5.74) is 0. The Balaban J connectivity index is -0.000000167. The number of nitrogens with zero attached hydrogens (tertiary/aromatic N) is 2. The van der Waals surface area contributed by atoms with Gasteiger partial charge in [0.25, 0.3) is 0 Å². The Kier molecular flexibility index (Phi) is 23.3. The third-order valence-corrected chi connectivity index (χ3v) is 1.13. The van der Waals surface area contributed by atoms with Crippen LogP contribution in [0.5, 0.6) is 0 Å². The predicted molar refractivity (Wildman–Crippen MR) is 64.2 cm³/mol. The van der Waals surface area contributed by atoms with Gasteiger partial charge in [-0.25, -0.2) is 0 Å². The number of rotatable bonds is 3. The summed E-state index contributed by atoms with van der Waals surface area (Å²) in [5, 5.41) is 4.39. The van der Waals surface area contributed by atoms with Crippen LogP contribution in [0, 0.1) is 14.9 Å². The van der Waals surface area contributed by atoms with Crippen molar-refractivity contribution in [1.29, 1.82) is 0 Å². The summed E-state index contributed by atoms with van der Waals surface area (Å²) >= 11 is 0. The van der Waals surface area contributed by atoms with Gasteiger partial charge in [-0.2, -0.15) is 0 Å². The Hall–Kier alpha value is 0.574. The van der Waals surface area contributed by atoms with E-state index in [1.54, 1.807) is 0 Å². The van der Waals surface area contributed by atoms with Crippen molar-refractivity contribution in [3.8, 4) is 0 Å². The normalized spacial score (nSPS) is 10.1. The molecule has 0 unspecified atom stereocenters. The Morgan fingerprint density at radius 1 is 1.14 bits per heavy atom. The minimum atomic E-state index is 0. The summed E-state index contributed by atoms with van der Waals surface area (Å²) in [6, 6.07) is 0.736. The minimum absolute atomic E-state index is 0. The zero-order valence-corrected chi connectivity index (χ0v) is 13.7. The topological polar surface area (TPSA) is 26.5 Å². The molecule has 0 amide bonds. The standard InChI is InChI=1S/C9H19N2.2CH3.Y/c1-6-9(10-7(2)3)11-8(4)5;;;/h7-8H,6H2,1-5H3;2*1H3;/q3*-1;+3. The smallest absolute Gasteiger partial charge is 0.466 e. The van der Waals surface area contributed by atoms with Gasteiger partial charge >= 0.3 is 32.7 Å². The van der Waals surface area contributed by atoms with Crippen LogP contribution in [0.25, 0.3) is 5.32 Å². The second kappa shape index (κ2) is 13.6. The first-order chi connectivity index (χ1) is 5.06. The average molecular weight is 274 g/mol. The van der Waals surface area contributed by atoms with Crippen molar-refractivity contribution in [3.63, 3.8) is 0 Å². The van der Waals surface area contributed by atoms with Gasteiger partial charge in [0.1, 0.15) is 0 Å². The van der Waals surface area contributed by atoms with Gasteiger partial charge in [0, 0.05) is 0 Å². The maximum atomic E-state index is 4.39. The quantitative estimate of drug-likeness (QED) is 0.424. The van der Waals surface area contributed by atoms with Crippen molar-refractivity contribution in [1.82, 2.24) is 0 Å². The fourth-order valence-electron chi connectivity index (χ4n) is 0.812. The summed E-state index contributed by atoms with van der Waals surface area (Å²) in [6.07, 6.45) is 0.941. The van der Waals surface area contributed by atoms with Gasteiger partial charge < -0.3 is 25.2 Å². The Morgan fingerprint density at radius 3 is 1.79 bits per heavy atom. The molecule has 0 bridgehead atoms. The van der Waals surface area contributed by atoms with Gasteiger partial charge in [-0.05, 0) is 18.5 Å². The average Bonchev–Trinajstić information content (AvgIpc) is 1.84. The predicted octanol–water partition coefficient (Wildman–Crippen LogP) is 3.88. The molecule has 0 aromatic rings. The third-order valence-electron chi connectivity index (χ3n) is 1.13. The molecule has 0 N–H and O–H groups in total. The molecule has 0 aliphatic rings. The maximum absolute atomic E-state index is 4.39. The Morgan fingerprint density at radius 2 is 1.57 bits per heavy atom. The van der Waals surface area contributed by atoms with Crippen LogP contribution in [0.2, 0.25) is 0 Å². The van der Waals surface area contributed by atoms with E-state index >= 15 is 0 Å². The van der Waals surface area contributed by atoms with Gasteiger partial charge in [0.15, 0.2) is 0 Å². The molecule has 0 saturated carbocycles. The van der Waals surface area contributed by atoms with Crippen LogP contribution in [-0.4, -0.2) is 17.9 Å². The molecular formula is C11H25N2Y. The van der Waals surface area contributed by atoms with Crippen molar-refractivity contribution in [2.24, 2.45) is 4.99 Å². The van der Waals surface area contributed by atoms with Crippen molar-refractivity contribution in [2.75, 3.05) is 0 Å². The number of hydrogen-bond acceptors (Lipinski definition) is 1. The van der Waals surface area contributed by atoms with Crippen LogP contribution < -0.4 is 0 Å². The molecule has 2 nitrogen and oxygen atoms in total. The van der Waals surface area contributed by atoms with Crippen LogP contribution in [-0.2, 0) is 32.7 Å². The van der Waals surface area contributed by atoms with Crippen molar-refractivity contribution in [2.45, 2.75) is 53.1 Å². The molecule has 0 radical (unpaired) electrons. The van der Waals surface area contributed by atoms with Gasteiger partial charge in [0.05, 0.1) is 0 Å². The van der Waals surface area contributed by atoms with E-state index < -0.39 is 0 Å².